The van der Waals surface area contributed by atoms with E-state index < -0.39 is 0 Å². The van der Waals surface area contributed by atoms with E-state index >= 15 is 0 Å². The van der Waals surface area contributed by atoms with Crippen molar-refractivity contribution in [1.29, 1.82) is 0 Å². The molecule has 6 heteroatoms. The second-order valence-electron chi connectivity index (χ2n) is 4.88. The molecule has 0 saturated carbocycles. The van der Waals surface area contributed by atoms with Crippen molar-refractivity contribution >= 4 is 5.91 Å². The van der Waals surface area contributed by atoms with Crippen LogP contribution >= 0.6 is 0 Å². The van der Waals surface area contributed by atoms with Crippen LogP contribution in [0.4, 0.5) is 0 Å². The summed E-state index contributed by atoms with van der Waals surface area (Å²) in [6.07, 6.45) is 0. The van der Waals surface area contributed by atoms with Crippen molar-refractivity contribution < 1.29 is 15.0 Å². The lowest BCUT2D eigenvalue weighted by molar-refractivity contribution is 0.0388. The SMILES string of the molecule is CCN1CC(NC(=O)c2ccc(O)cc2O)CN1CC. The van der Waals surface area contributed by atoms with Gasteiger partial charge in [-0.25, -0.2) is 10.0 Å². The van der Waals surface area contributed by atoms with E-state index in [2.05, 4.69) is 29.2 Å². The lowest BCUT2D eigenvalue weighted by Gasteiger charge is -2.24. The maximum absolute atomic E-state index is 12.1. The molecule has 1 aliphatic rings. The Morgan fingerprint density at radius 3 is 2.35 bits per heavy atom. The third-order valence-corrected chi connectivity index (χ3v) is 3.55. The minimum atomic E-state index is -0.318. The number of hydrogen-bond donors (Lipinski definition) is 3. The predicted molar refractivity (Wildman–Crippen MR) is 75.5 cm³/mol. The number of hydrogen-bond acceptors (Lipinski definition) is 5. The van der Waals surface area contributed by atoms with Crippen molar-refractivity contribution in [3.8, 4) is 11.5 Å². The highest BCUT2D eigenvalue weighted by atomic mass is 16.3. The summed E-state index contributed by atoms with van der Waals surface area (Å²) >= 11 is 0. The molecule has 2 rings (SSSR count). The van der Waals surface area contributed by atoms with Crippen molar-refractivity contribution in [2.24, 2.45) is 0 Å². The highest BCUT2D eigenvalue weighted by Gasteiger charge is 2.29. The first kappa shape index (κ1) is 14.6. The molecule has 20 heavy (non-hydrogen) atoms. The van der Waals surface area contributed by atoms with Crippen molar-refractivity contribution in [2.75, 3.05) is 26.2 Å². The van der Waals surface area contributed by atoms with Crippen LogP contribution in [-0.4, -0.2) is 58.4 Å². The van der Waals surface area contributed by atoms with E-state index in [0.29, 0.717) is 0 Å². The van der Waals surface area contributed by atoms with E-state index in [9.17, 15) is 15.0 Å². The van der Waals surface area contributed by atoms with Gasteiger partial charge in [0.2, 0.25) is 0 Å². The van der Waals surface area contributed by atoms with E-state index in [1.165, 1.54) is 18.2 Å². The van der Waals surface area contributed by atoms with Gasteiger partial charge < -0.3 is 15.5 Å². The fourth-order valence-electron chi connectivity index (χ4n) is 2.52. The third-order valence-electron chi connectivity index (χ3n) is 3.55. The molecule has 1 aliphatic heterocycles. The zero-order chi connectivity index (χ0) is 14.7. The number of benzene rings is 1. The molecular formula is C14H21N3O3. The summed E-state index contributed by atoms with van der Waals surface area (Å²) in [6.45, 7) is 7.52. The molecule has 0 aromatic heterocycles. The standard InChI is InChI=1S/C14H21N3O3/c1-3-16-8-10(9-17(16)4-2)15-14(20)12-6-5-11(18)7-13(12)19/h5-7,10,18-19H,3-4,8-9H2,1-2H3,(H,15,20). The maximum atomic E-state index is 12.1. The average Bonchev–Trinajstić information content (AvgIpc) is 2.80. The lowest BCUT2D eigenvalue weighted by Crippen LogP contribution is -2.38. The Balaban J connectivity index is 2.02. The summed E-state index contributed by atoms with van der Waals surface area (Å²) in [6, 6.07) is 4.01. The molecule has 0 unspecified atom stereocenters. The minimum Gasteiger partial charge on any atom is -0.508 e. The fraction of sp³-hybridized carbons (Fsp3) is 0.500. The van der Waals surface area contributed by atoms with Gasteiger partial charge >= 0.3 is 0 Å². The van der Waals surface area contributed by atoms with Crippen LogP contribution in [0.3, 0.4) is 0 Å². The maximum Gasteiger partial charge on any atom is 0.255 e. The number of likely N-dealkylation sites (N-methyl/N-ethyl adjacent to an activating group) is 2. The van der Waals surface area contributed by atoms with E-state index in [1.54, 1.807) is 0 Å². The van der Waals surface area contributed by atoms with Crippen molar-refractivity contribution in [1.82, 2.24) is 15.3 Å². The minimum absolute atomic E-state index is 0.0376. The van der Waals surface area contributed by atoms with Gasteiger partial charge in [0.05, 0.1) is 11.6 Å². The molecule has 110 valence electrons. The number of phenolic OH excluding ortho intramolecular Hbond substituents is 2. The summed E-state index contributed by atoms with van der Waals surface area (Å²) in [4.78, 5) is 12.1. The van der Waals surface area contributed by atoms with Gasteiger partial charge in [-0.15, -0.1) is 0 Å². The first-order chi connectivity index (χ1) is 9.55. The molecule has 1 aromatic carbocycles. The number of carbonyl (C=O) groups excluding carboxylic acids is 1. The third kappa shape index (κ3) is 3.02. The van der Waals surface area contributed by atoms with Gasteiger partial charge in [-0.3, -0.25) is 4.79 Å². The van der Waals surface area contributed by atoms with Crippen LogP contribution in [0.5, 0.6) is 11.5 Å². The number of amides is 1. The Labute approximate surface area is 118 Å². The molecule has 1 heterocycles. The Morgan fingerprint density at radius 2 is 1.85 bits per heavy atom. The average molecular weight is 279 g/mol. The van der Waals surface area contributed by atoms with E-state index in [0.717, 1.165) is 26.2 Å². The van der Waals surface area contributed by atoms with Crippen LogP contribution in [0.25, 0.3) is 0 Å². The number of aromatic hydroxyl groups is 2. The number of nitrogens with one attached hydrogen (secondary N) is 1. The molecule has 0 atom stereocenters. The molecule has 1 amide bonds. The zero-order valence-electron chi connectivity index (χ0n) is 11.8. The number of carbonyl (C=O) groups is 1. The molecule has 6 nitrogen and oxygen atoms in total. The van der Waals surface area contributed by atoms with Crippen molar-refractivity contribution in [2.45, 2.75) is 19.9 Å². The Morgan fingerprint density at radius 1 is 1.25 bits per heavy atom. The molecule has 1 aromatic rings. The molecule has 0 aliphatic carbocycles. The fourth-order valence-corrected chi connectivity index (χ4v) is 2.52. The molecule has 3 N–H and O–H groups in total. The zero-order valence-corrected chi connectivity index (χ0v) is 11.8. The van der Waals surface area contributed by atoms with Gasteiger partial charge in [0, 0.05) is 32.2 Å². The largest absolute Gasteiger partial charge is 0.508 e. The summed E-state index contributed by atoms with van der Waals surface area (Å²) in [5.74, 6) is -0.587. The second-order valence-corrected chi connectivity index (χ2v) is 4.88. The molecule has 0 bridgehead atoms. The first-order valence-corrected chi connectivity index (χ1v) is 6.87. The summed E-state index contributed by atoms with van der Waals surface area (Å²) in [7, 11) is 0. The smallest absolute Gasteiger partial charge is 0.255 e. The van der Waals surface area contributed by atoms with Gasteiger partial charge in [0.25, 0.3) is 5.91 Å². The monoisotopic (exact) mass is 279 g/mol. The van der Waals surface area contributed by atoms with Gasteiger partial charge in [0.1, 0.15) is 11.5 Å². The van der Waals surface area contributed by atoms with Gasteiger partial charge in [-0.2, -0.15) is 0 Å². The molecule has 0 radical (unpaired) electrons. The van der Waals surface area contributed by atoms with E-state index in [1.807, 2.05) is 0 Å². The van der Waals surface area contributed by atoms with Crippen LogP contribution < -0.4 is 5.32 Å². The number of nitrogens with zero attached hydrogens (tertiary/aromatic N) is 2. The topological polar surface area (TPSA) is 76.0 Å². The van der Waals surface area contributed by atoms with Crippen LogP contribution in [0.1, 0.15) is 24.2 Å². The van der Waals surface area contributed by atoms with Crippen LogP contribution in [-0.2, 0) is 0 Å². The Bertz CT molecular complexity index is 481. The van der Waals surface area contributed by atoms with Gasteiger partial charge in [-0.05, 0) is 12.1 Å². The molecule has 0 spiro atoms. The first-order valence-electron chi connectivity index (χ1n) is 6.87. The summed E-state index contributed by atoms with van der Waals surface area (Å²) < 4.78 is 0. The quantitative estimate of drug-likeness (QED) is 0.759. The highest BCUT2D eigenvalue weighted by molar-refractivity contribution is 5.97. The van der Waals surface area contributed by atoms with Gasteiger partial charge in [-0.1, -0.05) is 13.8 Å². The van der Waals surface area contributed by atoms with Crippen molar-refractivity contribution in [3.63, 3.8) is 0 Å². The Hall–Kier alpha value is -1.79. The number of hydrazine groups is 1. The predicted octanol–water partition coefficient (Wildman–Crippen LogP) is 0.769. The van der Waals surface area contributed by atoms with Gasteiger partial charge in [0.15, 0.2) is 0 Å². The van der Waals surface area contributed by atoms with Crippen LogP contribution in [0, 0.1) is 0 Å². The normalized spacial score (nSPS) is 17.5. The lowest BCUT2D eigenvalue weighted by atomic mass is 10.1. The number of rotatable bonds is 4. The van der Waals surface area contributed by atoms with Crippen molar-refractivity contribution in [3.05, 3.63) is 23.8 Å². The second kappa shape index (κ2) is 6.11. The van der Waals surface area contributed by atoms with E-state index in [4.69, 9.17) is 0 Å². The van der Waals surface area contributed by atoms with Crippen LogP contribution in [0.15, 0.2) is 18.2 Å². The molecule has 1 fully saturated rings. The number of phenols is 2. The van der Waals surface area contributed by atoms with Crippen LogP contribution in [0.2, 0.25) is 0 Å². The highest BCUT2D eigenvalue weighted by Crippen LogP contribution is 2.22. The Kier molecular flexibility index (Phi) is 4.46. The van der Waals surface area contributed by atoms with E-state index in [-0.39, 0.29) is 29.0 Å². The molecule has 1 saturated heterocycles. The summed E-state index contributed by atoms with van der Waals surface area (Å²) in [5, 5.41) is 26.2. The molecular weight excluding hydrogens is 258 g/mol. The summed E-state index contributed by atoms with van der Waals surface area (Å²) in [5.41, 5.74) is 0.181.